The fourth-order valence-electron chi connectivity index (χ4n) is 3.96. The first-order valence-electron chi connectivity index (χ1n) is 12.5. The molecular weight excluding hydrogens is 510 g/mol. The molecule has 3 aromatic rings. The Morgan fingerprint density at radius 1 is 1.18 bits per heavy atom. The summed E-state index contributed by atoms with van der Waals surface area (Å²) in [5, 5.41) is 3.02. The van der Waals surface area contributed by atoms with E-state index in [9.17, 15) is 13.2 Å². The third-order valence-corrected chi connectivity index (χ3v) is 7.97. The Morgan fingerprint density at radius 2 is 1.97 bits per heavy atom. The summed E-state index contributed by atoms with van der Waals surface area (Å²) in [4.78, 5) is 16.8. The molecule has 2 aromatic carbocycles. The molecule has 11 heteroatoms. The molecule has 0 radical (unpaired) electrons. The number of esters is 1. The van der Waals surface area contributed by atoms with Crippen LogP contribution >= 0.6 is 0 Å². The molecule has 0 aliphatic carbocycles. The number of morpholine rings is 1. The van der Waals surface area contributed by atoms with E-state index in [1.165, 1.54) is 0 Å². The predicted octanol–water partition coefficient (Wildman–Crippen LogP) is 3.18. The maximum atomic E-state index is 13.3. The molecule has 1 N–H and O–H groups in total. The number of aryl methyl sites for hydroxylation is 2. The van der Waals surface area contributed by atoms with Gasteiger partial charge < -0.3 is 23.9 Å². The molecule has 1 atom stereocenters. The number of nitrogens with zero attached hydrogens (tertiary/aromatic N) is 2. The van der Waals surface area contributed by atoms with Gasteiger partial charge in [0.05, 0.1) is 13.2 Å². The minimum atomic E-state index is -3.95. The van der Waals surface area contributed by atoms with Crippen molar-refractivity contribution in [3.8, 4) is 17.2 Å². The topological polar surface area (TPSA) is 120 Å². The zero-order valence-electron chi connectivity index (χ0n) is 21.8. The SMILES string of the molecule is CCOC(=O)CN(Cc1cccc(OCc2nc(-c3ccc(C)cc3)oc2C)c1)S(=O)(=O)C1CNCCO1. The molecule has 0 amide bonds. The van der Waals surface area contributed by atoms with Gasteiger partial charge in [-0.1, -0.05) is 29.8 Å². The Balaban J connectivity index is 1.47. The Morgan fingerprint density at radius 3 is 2.68 bits per heavy atom. The van der Waals surface area contributed by atoms with E-state index in [1.54, 1.807) is 31.2 Å². The van der Waals surface area contributed by atoms with Crippen molar-refractivity contribution in [2.45, 2.75) is 39.4 Å². The highest BCUT2D eigenvalue weighted by Gasteiger charge is 2.35. The third kappa shape index (κ3) is 6.98. The lowest BCUT2D eigenvalue weighted by Gasteiger charge is -2.29. The normalized spacial score (nSPS) is 15.9. The van der Waals surface area contributed by atoms with Crippen LogP contribution in [0.25, 0.3) is 11.5 Å². The van der Waals surface area contributed by atoms with Gasteiger partial charge in [0, 0.05) is 25.2 Å². The number of rotatable bonds is 11. The lowest BCUT2D eigenvalue weighted by Crippen LogP contribution is -2.50. The fraction of sp³-hybridized carbons (Fsp3) is 0.407. The summed E-state index contributed by atoms with van der Waals surface area (Å²) in [7, 11) is -3.95. The minimum Gasteiger partial charge on any atom is -0.487 e. The highest BCUT2D eigenvalue weighted by atomic mass is 32.2. The van der Waals surface area contributed by atoms with Crippen molar-refractivity contribution in [2.75, 3.05) is 32.8 Å². The van der Waals surface area contributed by atoms with Crippen LogP contribution in [-0.4, -0.2) is 62.0 Å². The van der Waals surface area contributed by atoms with E-state index in [0.29, 0.717) is 35.2 Å². The molecule has 2 heterocycles. The number of carbonyl (C=O) groups excluding carboxylic acids is 1. The van der Waals surface area contributed by atoms with Gasteiger partial charge in [0.2, 0.25) is 15.9 Å². The maximum Gasteiger partial charge on any atom is 0.321 e. The van der Waals surface area contributed by atoms with Gasteiger partial charge >= 0.3 is 5.97 Å². The van der Waals surface area contributed by atoms with Crippen LogP contribution in [0.4, 0.5) is 0 Å². The maximum absolute atomic E-state index is 13.3. The van der Waals surface area contributed by atoms with Gasteiger partial charge in [0.25, 0.3) is 0 Å². The van der Waals surface area contributed by atoms with Crippen molar-refractivity contribution in [3.05, 3.63) is 71.1 Å². The lowest BCUT2D eigenvalue weighted by molar-refractivity contribution is -0.143. The van der Waals surface area contributed by atoms with Crippen molar-refractivity contribution in [3.63, 3.8) is 0 Å². The predicted molar refractivity (Wildman–Crippen MR) is 141 cm³/mol. The summed E-state index contributed by atoms with van der Waals surface area (Å²) in [6, 6.07) is 15.0. The van der Waals surface area contributed by atoms with E-state index in [0.717, 1.165) is 15.4 Å². The highest BCUT2D eigenvalue weighted by Crippen LogP contribution is 2.24. The Bertz CT molecular complexity index is 1330. The molecule has 0 saturated carbocycles. The first-order chi connectivity index (χ1) is 18.3. The standard InChI is InChI=1S/C27H33N3O7S/c1-4-34-25(31)17-30(38(32,33)26-15-28-12-13-35-26)16-21-6-5-7-23(14-21)36-18-24-20(3)37-27(29-24)22-10-8-19(2)9-11-22/h5-11,14,26,28H,4,12-13,15-18H2,1-3H3. The number of benzene rings is 2. The molecule has 0 spiro atoms. The first-order valence-corrected chi connectivity index (χ1v) is 14.0. The average molecular weight is 544 g/mol. The molecule has 1 unspecified atom stereocenters. The van der Waals surface area contributed by atoms with E-state index < -0.39 is 28.0 Å². The van der Waals surface area contributed by atoms with Crippen molar-refractivity contribution < 1.29 is 31.8 Å². The molecule has 0 bridgehead atoms. The van der Waals surface area contributed by atoms with Crippen LogP contribution < -0.4 is 10.1 Å². The van der Waals surface area contributed by atoms with E-state index in [1.807, 2.05) is 38.1 Å². The lowest BCUT2D eigenvalue weighted by atomic mass is 10.1. The van der Waals surface area contributed by atoms with Gasteiger partial charge in [-0.05, 0) is 50.6 Å². The van der Waals surface area contributed by atoms with Crippen LogP contribution in [0.15, 0.2) is 52.9 Å². The number of hydrogen-bond acceptors (Lipinski definition) is 9. The molecule has 4 rings (SSSR count). The van der Waals surface area contributed by atoms with Gasteiger partial charge in [-0.2, -0.15) is 4.31 Å². The number of nitrogens with one attached hydrogen (secondary N) is 1. The number of aromatic nitrogens is 1. The monoisotopic (exact) mass is 543 g/mol. The van der Waals surface area contributed by atoms with E-state index in [2.05, 4.69) is 10.3 Å². The Hall–Kier alpha value is -3.25. The molecule has 1 saturated heterocycles. The van der Waals surface area contributed by atoms with Crippen LogP contribution in [0.3, 0.4) is 0 Å². The number of ether oxygens (including phenoxy) is 3. The number of hydrogen-bond donors (Lipinski definition) is 1. The quantitative estimate of drug-likeness (QED) is 0.364. The third-order valence-electron chi connectivity index (χ3n) is 6.02. The van der Waals surface area contributed by atoms with Crippen molar-refractivity contribution >= 4 is 16.0 Å². The minimum absolute atomic E-state index is 0.0429. The average Bonchev–Trinajstić information content (AvgIpc) is 3.28. The number of carbonyl (C=O) groups is 1. The van der Waals surface area contributed by atoms with Gasteiger partial charge in [-0.3, -0.25) is 4.79 Å². The Kier molecular flexibility index (Phi) is 9.16. The van der Waals surface area contributed by atoms with Gasteiger partial charge in [-0.25, -0.2) is 13.4 Å². The molecule has 1 aliphatic rings. The Labute approximate surface area is 223 Å². The molecule has 38 heavy (non-hydrogen) atoms. The number of oxazole rings is 1. The van der Waals surface area contributed by atoms with Crippen molar-refractivity contribution in [1.29, 1.82) is 0 Å². The van der Waals surface area contributed by atoms with Crippen molar-refractivity contribution in [1.82, 2.24) is 14.6 Å². The van der Waals surface area contributed by atoms with Crippen molar-refractivity contribution in [2.24, 2.45) is 0 Å². The summed E-state index contributed by atoms with van der Waals surface area (Å²) < 4.78 is 50.0. The summed E-state index contributed by atoms with van der Waals surface area (Å²) in [6.45, 7) is 6.39. The molecule has 1 aromatic heterocycles. The first kappa shape index (κ1) is 27.8. The van der Waals surface area contributed by atoms with E-state index in [-0.39, 0.29) is 32.9 Å². The largest absolute Gasteiger partial charge is 0.487 e. The molecule has 1 fully saturated rings. The van der Waals surface area contributed by atoms with Crippen LogP contribution in [0.5, 0.6) is 5.75 Å². The fourth-order valence-corrected chi connectivity index (χ4v) is 5.50. The highest BCUT2D eigenvalue weighted by molar-refractivity contribution is 7.89. The zero-order valence-corrected chi connectivity index (χ0v) is 22.6. The summed E-state index contributed by atoms with van der Waals surface area (Å²) in [5.74, 6) is 1.09. The second-order valence-electron chi connectivity index (χ2n) is 8.95. The van der Waals surface area contributed by atoms with Crippen LogP contribution in [0.1, 0.15) is 29.5 Å². The van der Waals surface area contributed by atoms with E-state index in [4.69, 9.17) is 18.6 Å². The van der Waals surface area contributed by atoms with Gasteiger partial charge in [0.15, 0.2) is 5.44 Å². The van der Waals surface area contributed by atoms with Gasteiger partial charge in [-0.15, -0.1) is 0 Å². The van der Waals surface area contributed by atoms with Crippen LogP contribution in [-0.2, 0) is 37.4 Å². The van der Waals surface area contributed by atoms with E-state index >= 15 is 0 Å². The van der Waals surface area contributed by atoms with Crippen LogP contribution in [0.2, 0.25) is 0 Å². The molecule has 204 valence electrons. The second-order valence-corrected chi connectivity index (χ2v) is 11.0. The van der Waals surface area contributed by atoms with Gasteiger partial charge in [0.1, 0.15) is 30.4 Å². The zero-order chi connectivity index (χ0) is 27.1. The molecule has 10 nitrogen and oxygen atoms in total. The summed E-state index contributed by atoms with van der Waals surface area (Å²) >= 11 is 0. The smallest absolute Gasteiger partial charge is 0.321 e. The molecule has 1 aliphatic heterocycles. The number of sulfonamides is 1. The summed E-state index contributed by atoms with van der Waals surface area (Å²) in [5.41, 5.74) is 2.27. The summed E-state index contributed by atoms with van der Waals surface area (Å²) in [6.07, 6.45) is 0. The second kappa shape index (κ2) is 12.5. The van der Waals surface area contributed by atoms with Crippen LogP contribution in [0, 0.1) is 13.8 Å². The molecular formula is C27H33N3O7S.